The lowest BCUT2D eigenvalue weighted by Gasteiger charge is -2.11. The van der Waals surface area contributed by atoms with Gasteiger partial charge < -0.3 is 14.3 Å². The van der Waals surface area contributed by atoms with Gasteiger partial charge in [0.15, 0.2) is 0 Å². The van der Waals surface area contributed by atoms with Gasteiger partial charge in [0.25, 0.3) is 0 Å². The van der Waals surface area contributed by atoms with Crippen molar-refractivity contribution in [3.05, 3.63) is 70.7 Å². The molecule has 0 fully saturated rings. The first-order chi connectivity index (χ1) is 11.6. The van der Waals surface area contributed by atoms with Crippen molar-refractivity contribution >= 4 is 0 Å². The molecule has 0 aliphatic heterocycles. The molecule has 1 N–H and O–H groups in total. The number of hydrogen-bond acceptors (Lipinski definition) is 5. The normalized spacial score (nSPS) is 12.1. The van der Waals surface area contributed by atoms with Gasteiger partial charge in [-0.3, -0.25) is 0 Å². The molecule has 0 aliphatic carbocycles. The summed E-state index contributed by atoms with van der Waals surface area (Å²) in [5.74, 6) is 0.285. The summed E-state index contributed by atoms with van der Waals surface area (Å²) in [6, 6.07) is 16.6. The molecular weight excluding hydrogens is 308 g/mol. The molecule has 0 saturated carbocycles. The van der Waals surface area contributed by atoms with Crippen LogP contribution in [0.4, 0.5) is 0 Å². The maximum absolute atomic E-state index is 11.8. The molecule has 0 saturated heterocycles. The fourth-order valence-electron chi connectivity index (χ4n) is 2.20. The Labute approximate surface area is 138 Å². The third-order valence-corrected chi connectivity index (χ3v) is 3.47. The highest BCUT2D eigenvalue weighted by Crippen LogP contribution is 2.14. The fraction of sp³-hybridized carbons (Fsp3) is 0.222. The number of aliphatic hydroxyl groups is 1. The first-order valence-corrected chi connectivity index (χ1v) is 7.63. The molecular formula is C18H18N2O4. The largest absolute Gasteiger partial charge is 0.491 e. The van der Waals surface area contributed by atoms with Gasteiger partial charge in [-0.15, -0.1) is 5.10 Å². The molecule has 0 amide bonds. The van der Waals surface area contributed by atoms with Crippen LogP contribution in [-0.4, -0.2) is 27.6 Å². The lowest BCUT2D eigenvalue weighted by Crippen LogP contribution is -2.29. The van der Waals surface area contributed by atoms with Crippen LogP contribution in [0, 0.1) is 6.92 Å². The van der Waals surface area contributed by atoms with E-state index in [-0.39, 0.29) is 19.0 Å². The van der Waals surface area contributed by atoms with Crippen LogP contribution in [0.3, 0.4) is 0 Å². The molecule has 124 valence electrons. The topological polar surface area (TPSA) is 77.5 Å². The van der Waals surface area contributed by atoms with E-state index < -0.39 is 11.9 Å². The molecule has 24 heavy (non-hydrogen) atoms. The quantitative estimate of drug-likeness (QED) is 0.752. The van der Waals surface area contributed by atoms with Gasteiger partial charge in [-0.25, -0.2) is 4.79 Å². The summed E-state index contributed by atoms with van der Waals surface area (Å²) in [5.41, 5.74) is 1.84. The summed E-state index contributed by atoms with van der Waals surface area (Å²) in [6.45, 7) is 2.05. The van der Waals surface area contributed by atoms with Crippen molar-refractivity contribution in [2.75, 3.05) is 6.61 Å². The summed E-state index contributed by atoms with van der Waals surface area (Å²) in [5, 5.41) is 14.2. The Morgan fingerprint density at radius 2 is 1.88 bits per heavy atom. The van der Waals surface area contributed by atoms with E-state index in [9.17, 15) is 9.90 Å². The van der Waals surface area contributed by atoms with Crippen LogP contribution in [0.25, 0.3) is 11.5 Å². The minimum atomic E-state index is -0.877. The number of ether oxygens (including phenoxy) is 1. The summed E-state index contributed by atoms with van der Waals surface area (Å²) >= 11 is 0. The Hall–Kier alpha value is -2.86. The summed E-state index contributed by atoms with van der Waals surface area (Å²) in [4.78, 5) is 11.8. The maximum Gasteiger partial charge on any atom is 0.437 e. The van der Waals surface area contributed by atoms with Crippen molar-refractivity contribution in [2.45, 2.75) is 19.6 Å². The summed E-state index contributed by atoms with van der Waals surface area (Å²) < 4.78 is 11.7. The molecule has 6 nitrogen and oxygen atoms in total. The Bertz CT molecular complexity index is 837. The maximum atomic E-state index is 11.8. The van der Waals surface area contributed by atoms with Crippen molar-refractivity contribution in [1.82, 2.24) is 9.78 Å². The average Bonchev–Trinajstić information content (AvgIpc) is 2.96. The van der Waals surface area contributed by atoms with Gasteiger partial charge in [0, 0.05) is 5.56 Å². The lowest BCUT2D eigenvalue weighted by atomic mass is 10.2. The second-order valence-electron chi connectivity index (χ2n) is 5.50. The first-order valence-electron chi connectivity index (χ1n) is 7.63. The van der Waals surface area contributed by atoms with Crippen LogP contribution in [0.1, 0.15) is 5.56 Å². The van der Waals surface area contributed by atoms with E-state index >= 15 is 0 Å². The van der Waals surface area contributed by atoms with Gasteiger partial charge in [-0.05, 0) is 31.2 Å². The molecule has 1 heterocycles. The summed E-state index contributed by atoms with van der Waals surface area (Å²) in [6.07, 6.45) is -0.877. The molecule has 2 aromatic carbocycles. The van der Waals surface area contributed by atoms with Crippen molar-refractivity contribution in [3.8, 4) is 17.2 Å². The SMILES string of the molecule is Cc1ccc(OC[C@@H](O)Cn2nc(-c3ccccc3)oc2=O)cc1. The van der Waals surface area contributed by atoms with Crippen molar-refractivity contribution in [3.63, 3.8) is 0 Å². The first kappa shape index (κ1) is 16.0. The number of aryl methyl sites for hydroxylation is 1. The van der Waals surface area contributed by atoms with E-state index in [1.807, 2.05) is 49.4 Å². The van der Waals surface area contributed by atoms with Crippen LogP contribution < -0.4 is 10.5 Å². The van der Waals surface area contributed by atoms with Crippen molar-refractivity contribution in [1.29, 1.82) is 0 Å². The number of nitrogens with zero attached hydrogens (tertiary/aromatic N) is 2. The fourth-order valence-corrected chi connectivity index (χ4v) is 2.20. The van der Waals surface area contributed by atoms with E-state index in [4.69, 9.17) is 9.15 Å². The number of aliphatic hydroxyl groups excluding tert-OH is 1. The van der Waals surface area contributed by atoms with Crippen molar-refractivity contribution < 1.29 is 14.3 Å². The molecule has 1 atom stereocenters. The van der Waals surface area contributed by atoms with Crippen LogP contribution >= 0.6 is 0 Å². The zero-order chi connectivity index (χ0) is 16.9. The van der Waals surface area contributed by atoms with Crippen molar-refractivity contribution in [2.24, 2.45) is 0 Å². The minimum absolute atomic E-state index is 0.00102. The van der Waals surface area contributed by atoms with Crippen LogP contribution in [0.5, 0.6) is 5.75 Å². The molecule has 3 aromatic rings. The highest BCUT2D eigenvalue weighted by Gasteiger charge is 2.14. The smallest absolute Gasteiger partial charge is 0.437 e. The van der Waals surface area contributed by atoms with Gasteiger partial charge >= 0.3 is 5.76 Å². The molecule has 0 bridgehead atoms. The predicted molar refractivity (Wildman–Crippen MR) is 88.9 cm³/mol. The number of rotatable bonds is 6. The Kier molecular flexibility index (Phi) is 4.77. The molecule has 6 heteroatoms. The Balaban J connectivity index is 1.62. The van der Waals surface area contributed by atoms with Gasteiger partial charge in [0.1, 0.15) is 18.5 Å². The Morgan fingerprint density at radius 3 is 2.58 bits per heavy atom. The van der Waals surface area contributed by atoms with Crippen LogP contribution in [0.15, 0.2) is 63.8 Å². The molecule has 0 radical (unpaired) electrons. The molecule has 0 spiro atoms. The number of hydrogen-bond donors (Lipinski definition) is 1. The van der Waals surface area contributed by atoms with Gasteiger partial charge in [-0.2, -0.15) is 4.68 Å². The zero-order valence-corrected chi connectivity index (χ0v) is 13.3. The molecule has 0 unspecified atom stereocenters. The third kappa shape index (κ3) is 3.91. The zero-order valence-electron chi connectivity index (χ0n) is 13.3. The lowest BCUT2D eigenvalue weighted by molar-refractivity contribution is 0.0875. The highest BCUT2D eigenvalue weighted by atomic mass is 16.5. The second-order valence-corrected chi connectivity index (χ2v) is 5.50. The minimum Gasteiger partial charge on any atom is -0.491 e. The highest BCUT2D eigenvalue weighted by molar-refractivity contribution is 5.51. The molecule has 3 rings (SSSR count). The molecule has 0 aliphatic rings. The molecule has 1 aromatic heterocycles. The van der Waals surface area contributed by atoms with E-state index in [1.165, 1.54) is 0 Å². The standard InChI is InChI=1S/C18H18N2O4/c1-13-7-9-16(10-8-13)23-12-15(21)11-20-18(22)24-17(19-20)14-5-3-2-4-6-14/h2-10,15,21H,11-12H2,1H3/t15-/m0/s1. The third-order valence-electron chi connectivity index (χ3n) is 3.47. The van der Waals surface area contributed by atoms with E-state index in [2.05, 4.69) is 5.10 Å². The summed E-state index contributed by atoms with van der Waals surface area (Å²) in [7, 11) is 0. The second kappa shape index (κ2) is 7.14. The number of aromatic nitrogens is 2. The van der Waals surface area contributed by atoms with E-state index in [1.54, 1.807) is 12.1 Å². The van der Waals surface area contributed by atoms with Crippen LogP contribution in [0.2, 0.25) is 0 Å². The van der Waals surface area contributed by atoms with Gasteiger partial charge in [0.2, 0.25) is 5.89 Å². The van der Waals surface area contributed by atoms with Crippen LogP contribution in [-0.2, 0) is 6.54 Å². The average molecular weight is 326 g/mol. The predicted octanol–water partition coefficient (Wildman–Crippen LogP) is 2.25. The van der Waals surface area contributed by atoms with Gasteiger partial charge in [0.05, 0.1) is 6.54 Å². The Morgan fingerprint density at radius 1 is 1.17 bits per heavy atom. The van der Waals surface area contributed by atoms with E-state index in [0.717, 1.165) is 10.2 Å². The number of benzene rings is 2. The van der Waals surface area contributed by atoms with Gasteiger partial charge in [-0.1, -0.05) is 35.9 Å². The van der Waals surface area contributed by atoms with E-state index in [0.29, 0.717) is 11.3 Å². The monoisotopic (exact) mass is 326 g/mol.